The van der Waals surface area contributed by atoms with Crippen LogP contribution in [0.4, 0.5) is 11.4 Å². The Morgan fingerprint density at radius 3 is 3.05 bits per heavy atom. The summed E-state index contributed by atoms with van der Waals surface area (Å²) < 4.78 is 0. The molecule has 0 amide bonds. The molecule has 0 aliphatic carbocycles. The molecule has 0 aromatic heterocycles. The van der Waals surface area contributed by atoms with Crippen molar-refractivity contribution in [2.24, 2.45) is 5.84 Å². The summed E-state index contributed by atoms with van der Waals surface area (Å²) in [7, 11) is 0. The van der Waals surface area contributed by atoms with Crippen LogP contribution in [0.2, 0.25) is 0 Å². The first kappa shape index (κ1) is 14.1. The Morgan fingerprint density at radius 1 is 1.63 bits per heavy atom. The molecule has 1 aliphatic heterocycles. The lowest BCUT2D eigenvalue weighted by atomic mass is 10.1. The summed E-state index contributed by atoms with van der Waals surface area (Å²) in [6, 6.07) is 5.06. The molecular formula is C12H18N4O2S. The van der Waals surface area contributed by atoms with E-state index in [1.54, 1.807) is 12.1 Å². The smallest absolute Gasteiger partial charge is 0.293 e. The second-order valence-electron chi connectivity index (χ2n) is 4.67. The molecule has 1 heterocycles. The largest absolute Gasteiger partial charge is 0.318 e. The van der Waals surface area contributed by atoms with Crippen LogP contribution in [-0.4, -0.2) is 33.9 Å². The van der Waals surface area contributed by atoms with Gasteiger partial charge in [-0.15, -0.1) is 0 Å². The Hall–Kier alpha value is -1.31. The van der Waals surface area contributed by atoms with Gasteiger partial charge in [-0.05, 0) is 11.6 Å². The highest BCUT2D eigenvalue weighted by molar-refractivity contribution is 7.99. The number of nitrogens with one attached hydrogen (secondary N) is 1. The molecule has 1 aromatic rings. The zero-order chi connectivity index (χ0) is 13.8. The number of hydrogen-bond acceptors (Lipinski definition) is 6. The number of benzene rings is 1. The van der Waals surface area contributed by atoms with E-state index >= 15 is 0 Å². The standard InChI is InChI=1S/C12H18N4O2S/c1-9-7-15(4-5-19-9)8-10-2-3-12(16(17)18)11(6-10)14-13/h2-3,6,9,14H,4-5,7-8,13H2,1H3. The van der Waals surface area contributed by atoms with Gasteiger partial charge in [0.1, 0.15) is 5.69 Å². The van der Waals surface area contributed by atoms with Crippen molar-refractivity contribution in [3.05, 3.63) is 33.9 Å². The second kappa shape index (κ2) is 6.23. The van der Waals surface area contributed by atoms with E-state index in [4.69, 9.17) is 5.84 Å². The third-order valence-corrected chi connectivity index (χ3v) is 4.28. The van der Waals surface area contributed by atoms with Gasteiger partial charge in [0.05, 0.1) is 4.92 Å². The van der Waals surface area contributed by atoms with Crippen LogP contribution in [0.3, 0.4) is 0 Å². The zero-order valence-electron chi connectivity index (χ0n) is 10.8. The van der Waals surface area contributed by atoms with Crippen LogP contribution in [0, 0.1) is 10.1 Å². The Balaban J connectivity index is 2.10. The maximum absolute atomic E-state index is 10.8. The van der Waals surface area contributed by atoms with Crippen molar-refractivity contribution in [3.63, 3.8) is 0 Å². The number of rotatable bonds is 4. The van der Waals surface area contributed by atoms with Crippen LogP contribution in [0.5, 0.6) is 0 Å². The molecule has 3 N–H and O–H groups in total. The van der Waals surface area contributed by atoms with Crippen molar-refractivity contribution < 1.29 is 4.92 Å². The number of hydrogen-bond donors (Lipinski definition) is 2. The van der Waals surface area contributed by atoms with E-state index in [1.165, 1.54) is 6.07 Å². The van der Waals surface area contributed by atoms with Crippen molar-refractivity contribution in [2.75, 3.05) is 24.3 Å². The first-order valence-corrected chi connectivity index (χ1v) is 7.23. The van der Waals surface area contributed by atoms with Crippen molar-refractivity contribution >= 4 is 23.1 Å². The van der Waals surface area contributed by atoms with Crippen LogP contribution >= 0.6 is 11.8 Å². The summed E-state index contributed by atoms with van der Waals surface area (Å²) in [6.07, 6.45) is 0. The monoisotopic (exact) mass is 282 g/mol. The molecule has 19 heavy (non-hydrogen) atoms. The maximum atomic E-state index is 10.8. The van der Waals surface area contributed by atoms with Crippen LogP contribution in [-0.2, 0) is 6.54 Å². The molecule has 0 radical (unpaired) electrons. The lowest BCUT2D eigenvalue weighted by molar-refractivity contribution is -0.384. The van der Waals surface area contributed by atoms with Gasteiger partial charge in [-0.25, -0.2) is 0 Å². The number of hydrazine groups is 1. The van der Waals surface area contributed by atoms with E-state index in [1.807, 2.05) is 11.8 Å². The molecule has 1 saturated heterocycles. The van der Waals surface area contributed by atoms with Crippen molar-refractivity contribution in [2.45, 2.75) is 18.7 Å². The summed E-state index contributed by atoms with van der Waals surface area (Å²) in [4.78, 5) is 12.8. The topological polar surface area (TPSA) is 84.4 Å². The first-order valence-electron chi connectivity index (χ1n) is 6.18. The fourth-order valence-electron chi connectivity index (χ4n) is 2.25. The van der Waals surface area contributed by atoms with E-state index in [0.717, 1.165) is 31.0 Å². The normalized spacial score (nSPS) is 20.2. The van der Waals surface area contributed by atoms with Crippen LogP contribution in [0.15, 0.2) is 18.2 Å². The molecule has 1 atom stereocenters. The second-order valence-corrected chi connectivity index (χ2v) is 6.22. The minimum absolute atomic E-state index is 0.00816. The minimum atomic E-state index is -0.432. The fourth-order valence-corrected chi connectivity index (χ4v) is 3.33. The van der Waals surface area contributed by atoms with E-state index < -0.39 is 4.92 Å². The molecule has 2 rings (SSSR count). The number of nitro benzene ring substituents is 1. The molecule has 6 nitrogen and oxygen atoms in total. The van der Waals surface area contributed by atoms with Crippen LogP contribution < -0.4 is 11.3 Å². The number of nitro groups is 1. The van der Waals surface area contributed by atoms with Gasteiger partial charge in [0.25, 0.3) is 5.69 Å². The van der Waals surface area contributed by atoms with Gasteiger partial charge in [0.2, 0.25) is 0 Å². The fraction of sp³-hybridized carbons (Fsp3) is 0.500. The number of thioether (sulfide) groups is 1. The average Bonchev–Trinajstić information content (AvgIpc) is 2.38. The number of nitrogens with two attached hydrogens (primary N) is 1. The lowest BCUT2D eigenvalue weighted by Crippen LogP contribution is -2.36. The highest BCUT2D eigenvalue weighted by atomic mass is 32.2. The van der Waals surface area contributed by atoms with Gasteiger partial charge in [-0.2, -0.15) is 11.8 Å². The van der Waals surface area contributed by atoms with Crippen LogP contribution in [0.25, 0.3) is 0 Å². The number of nitrogen functional groups attached to an aromatic ring is 1. The van der Waals surface area contributed by atoms with Gasteiger partial charge in [-0.3, -0.25) is 20.9 Å². The Bertz CT molecular complexity index is 469. The zero-order valence-corrected chi connectivity index (χ0v) is 11.7. The van der Waals surface area contributed by atoms with Crippen LogP contribution in [0.1, 0.15) is 12.5 Å². The number of nitrogens with zero attached hydrogens (tertiary/aromatic N) is 2. The minimum Gasteiger partial charge on any atom is -0.318 e. The van der Waals surface area contributed by atoms with Gasteiger partial charge in [0, 0.05) is 36.7 Å². The third-order valence-electron chi connectivity index (χ3n) is 3.14. The van der Waals surface area contributed by atoms with Crippen molar-refractivity contribution in [1.29, 1.82) is 0 Å². The van der Waals surface area contributed by atoms with E-state index in [2.05, 4.69) is 17.2 Å². The molecule has 1 aromatic carbocycles. The Labute approximate surface area is 116 Å². The maximum Gasteiger partial charge on any atom is 0.293 e. The quantitative estimate of drug-likeness (QED) is 0.498. The molecule has 1 aliphatic rings. The summed E-state index contributed by atoms with van der Waals surface area (Å²) in [6.45, 7) is 5.13. The SMILES string of the molecule is CC1CN(Cc2ccc([N+](=O)[O-])c(NN)c2)CCS1. The third kappa shape index (κ3) is 3.59. The van der Waals surface area contributed by atoms with Gasteiger partial charge in [0.15, 0.2) is 0 Å². The summed E-state index contributed by atoms with van der Waals surface area (Å²) >= 11 is 1.98. The first-order chi connectivity index (χ1) is 9.10. The van der Waals surface area contributed by atoms with E-state index in [-0.39, 0.29) is 5.69 Å². The molecule has 104 valence electrons. The van der Waals surface area contributed by atoms with Gasteiger partial charge < -0.3 is 5.43 Å². The predicted octanol–water partition coefficient (Wildman–Crippen LogP) is 1.82. The highest BCUT2D eigenvalue weighted by Gasteiger charge is 2.18. The van der Waals surface area contributed by atoms with Gasteiger partial charge in [-0.1, -0.05) is 13.0 Å². The van der Waals surface area contributed by atoms with E-state index in [0.29, 0.717) is 10.9 Å². The molecule has 0 saturated carbocycles. The summed E-state index contributed by atoms with van der Waals surface area (Å²) in [5.74, 6) is 6.48. The summed E-state index contributed by atoms with van der Waals surface area (Å²) in [5.41, 5.74) is 3.81. The Kier molecular flexibility index (Phi) is 4.62. The van der Waals surface area contributed by atoms with Crippen molar-refractivity contribution in [1.82, 2.24) is 4.90 Å². The van der Waals surface area contributed by atoms with Gasteiger partial charge >= 0.3 is 0 Å². The highest BCUT2D eigenvalue weighted by Crippen LogP contribution is 2.26. The molecular weight excluding hydrogens is 264 g/mol. The molecule has 1 unspecified atom stereocenters. The average molecular weight is 282 g/mol. The molecule has 7 heteroatoms. The molecule has 0 spiro atoms. The Morgan fingerprint density at radius 2 is 2.42 bits per heavy atom. The molecule has 0 bridgehead atoms. The summed E-state index contributed by atoms with van der Waals surface area (Å²) in [5, 5.41) is 11.5. The predicted molar refractivity (Wildman–Crippen MR) is 78.1 cm³/mol. The lowest BCUT2D eigenvalue weighted by Gasteiger charge is -2.30. The molecule has 1 fully saturated rings. The van der Waals surface area contributed by atoms with Crippen molar-refractivity contribution in [3.8, 4) is 0 Å². The number of anilines is 1. The van der Waals surface area contributed by atoms with E-state index in [9.17, 15) is 10.1 Å².